The minimum Gasteiger partial charge on any atom is -0.497 e. The molecule has 1 aromatic carbocycles. The van der Waals surface area contributed by atoms with E-state index < -0.39 is 0 Å². The van der Waals surface area contributed by atoms with Crippen LogP contribution in [-0.2, 0) is 6.42 Å². The Morgan fingerprint density at radius 2 is 2.36 bits per heavy atom. The van der Waals surface area contributed by atoms with Gasteiger partial charge in [-0.25, -0.2) is 0 Å². The lowest BCUT2D eigenvalue weighted by Gasteiger charge is -2.25. The molecule has 0 saturated heterocycles. The van der Waals surface area contributed by atoms with E-state index in [1.807, 2.05) is 6.07 Å². The molecule has 1 aliphatic rings. The molecule has 14 heavy (non-hydrogen) atoms. The number of anilines is 1. The Bertz CT molecular complexity index is 322. The molecule has 0 spiro atoms. The zero-order valence-electron chi connectivity index (χ0n) is 8.84. The van der Waals surface area contributed by atoms with E-state index in [1.165, 1.54) is 24.1 Å². The smallest absolute Gasteiger partial charge is 0.119 e. The SMILES string of the molecule is CCC1CNc2ccc(OC)cc2C1. The first-order valence-electron chi connectivity index (χ1n) is 5.24. The fourth-order valence-electron chi connectivity index (χ4n) is 1.96. The number of benzene rings is 1. The zero-order valence-corrected chi connectivity index (χ0v) is 8.84. The van der Waals surface area contributed by atoms with Crippen LogP contribution in [0.4, 0.5) is 5.69 Å². The van der Waals surface area contributed by atoms with Gasteiger partial charge in [-0.1, -0.05) is 13.3 Å². The van der Waals surface area contributed by atoms with Gasteiger partial charge in [0.15, 0.2) is 0 Å². The van der Waals surface area contributed by atoms with Gasteiger partial charge >= 0.3 is 0 Å². The number of fused-ring (bicyclic) bond motifs is 1. The molecular formula is C12H17NO. The van der Waals surface area contributed by atoms with Gasteiger partial charge in [-0.15, -0.1) is 0 Å². The van der Waals surface area contributed by atoms with Gasteiger partial charge in [0, 0.05) is 12.2 Å². The van der Waals surface area contributed by atoms with Gasteiger partial charge in [0.2, 0.25) is 0 Å². The molecule has 0 aliphatic carbocycles. The zero-order chi connectivity index (χ0) is 9.97. The van der Waals surface area contributed by atoms with Crippen LogP contribution < -0.4 is 10.1 Å². The number of ether oxygens (including phenoxy) is 1. The Kier molecular flexibility index (Phi) is 2.62. The highest BCUT2D eigenvalue weighted by Crippen LogP contribution is 2.29. The molecule has 2 nitrogen and oxygen atoms in total. The molecule has 1 unspecified atom stereocenters. The summed E-state index contributed by atoms with van der Waals surface area (Å²) in [5, 5.41) is 3.46. The van der Waals surface area contributed by atoms with Gasteiger partial charge in [0.1, 0.15) is 5.75 Å². The van der Waals surface area contributed by atoms with Crippen molar-refractivity contribution < 1.29 is 4.74 Å². The summed E-state index contributed by atoms with van der Waals surface area (Å²) in [7, 11) is 1.72. The molecule has 1 aromatic rings. The molecule has 0 aromatic heterocycles. The number of nitrogens with one attached hydrogen (secondary N) is 1. The van der Waals surface area contributed by atoms with E-state index in [1.54, 1.807) is 7.11 Å². The lowest BCUT2D eigenvalue weighted by atomic mass is 9.92. The highest BCUT2D eigenvalue weighted by molar-refractivity contribution is 5.56. The summed E-state index contributed by atoms with van der Waals surface area (Å²) in [5.74, 6) is 1.73. The Hall–Kier alpha value is -1.18. The van der Waals surface area contributed by atoms with Crippen LogP contribution in [0.25, 0.3) is 0 Å². The minimum atomic E-state index is 0.773. The molecule has 0 amide bonds. The monoisotopic (exact) mass is 191 g/mol. The standard InChI is InChI=1S/C12H17NO/c1-3-9-6-10-7-11(14-2)4-5-12(10)13-8-9/h4-5,7,9,13H,3,6,8H2,1-2H3. The molecule has 1 N–H and O–H groups in total. The number of methoxy groups -OCH3 is 1. The Morgan fingerprint density at radius 1 is 1.50 bits per heavy atom. The first-order chi connectivity index (χ1) is 6.83. The van der Waals surface area contributed by atoms with Crippen molar-refractivity contribution in [1.29, 1.82) is 0 Å². The molecule has 2 rings (SSSR count). The van der Waals surface area contributed by atoms with Crippen molar-refractivity contribution in [3.8, 4) is 5.75 Å². The number of rotatable bonds is 2. The third kappa shape index (κ3) is 1.69. The molecule has 0 fully saturated rings. The van der Waals surface area contributed by atoms with Crippen molar-refractivity contribution >= 4 is 5.69 Å². The van der Waals surface area contributed by atoms with Gasteiger partial charge in [-0.2, -0.15) is 0 Å². The van der Waals surface area contributed by atoms with Gasteiger partial charge < -0.3 is 10.1 Å². The number of hydrogen-bond donors (Lipinski definition) is 1. The molecule has 1 heterocycles. The third-order valence-electron chi connectivity index (χ3n) is 2.98. The van der Waals surface area contributed by atoms with E-state index in [9.17, 15) is 0 Å². The van der Waals surface area contributed by atoms with Crippen LogP contribution in [-0.4, -0.2) is 13.7 Å². The molecule has 0 bridgehead atoms. The highest BCUT2D eigenvalue weighted by atomic mass is 16.5. The molecule has 0 radical (unpaired) electrons. The second-order valence-electron chi connectivity index (χ2n) is 3.88. The van der Waals surface area contributed by atoms with Crippen molar-refractivity contribution in [2.24, 2.45) is 5.92 Å². The summed E-state index contributed by atoms with van der Waals surface area (Å²) in [6.07, 6.45) is 2.42. The average Bonchev–Trinajstić information content (AvgIpc) is 2.27. The molecule has 76 valence electrons. The lowest BCUT2D eigenvalue weighted by Crippen LogP contribution is -2.22. The molecule has 0 saturated carbocycles. The van der Waals surface area contributed by atoms with Crippen LogP contribution in [0.15, 0.2) is 18.2 Å². The third-order valence-corrected chi connectivity index (χ3v) is 2.98. The van der Waals surface area contributed by atoms with E-state index in [0.29, 0.717) is 0 Å². The average molecular weight is 191 g/mol. The van der Waals surface area contributed by atoms with E-state index >= 15 is 0 Å². The largest absolute Gasteiger partial charge is 0.497 e. The normalized spacial score (nSPS) is 19.7. The highest BCUT2D eigenvalue weighted by Gasteiger charge is 2.16. The summed E-state index contributed by atoms with van der Waals surface area (Å²) in [6.45, 7) is 3.35. The van der Waals surface area contributed by atoms with Crippen molar-refractivity contribution in [2.75, 3.05) is 19.0 Å². The van der Waals surface area contributed by atoms with Crippen molar-refractivity contribution in [1.82, 2.24) is 0 Å². The van der Waals surface area contributed by atoms with Gasteiger partial charge in [-0.05, 0) is 36.1 Å². The summed E-state index contributed by atoms with van der Waals surface area (Å²) in [4.78, 5) is 0. The van der Waals surface area contributed by atoms with Crippen LogP contribution >= 0.6 is 0 Å². The first kappa shape index (κ1) is 9.38. The summed E-state index contributed by atoms with van der Waals surface area (Å²) >= 11 is 0. The maximum absolute atomic E-state index is 5.22. The fourth-order valence-corrected chi connectivity index (χ4v) is 1.96. The Labute approximate surface area is 85.3 Å². The maximum atomic E-state index is 5.22. The van der Waals surface area contributed by atoms with Crippen LogP contribution in [0.5, 0.6) is 5.75 Å². The second kappa shape index (κ2) is 3.91. The van der Waals surface area contributed by atoms with E-state index in [4.69, 9.17) is 4.74 Å². The van der Waals surface area contributed by atoms with Gasteiger partial charge in [0.25, 0.3) is 0 Å². The maximum Gasteiger partial charge on any atom is 0.119 e. The van der Waals surface area contributed by atoms with Gasteiger partial charge in [0.05, 0.1) is 7.11 Å². The Morgan fingerprint density at radius 3 is 3.07 bits per heavy atom. The lowest BCUT2D eigenvalue weighted by molar-refractivity contribution is 0.413. The quantitative estimate of drug-likeness (QED) is 0.776. The van der Waals surface area contributed by atoms with Crippen molar-refractivity contribution in [3.05, 3.63) is 23.8 Å². The summed E-state index contributed by atoms with van der Waals surface area (Å²) < 4.78 is 5.22. The van der Waals surface area contributed by atoms with Crippen LogP contribution in [0.1, 0.15) is 18.9 Å². The Balaban J connectivity index is 2.25. The molecular weight excluding hydrogens is 174 g/mol. The van der Waals surface area contributed by atoms with Crippen LogP contribution in [0.3, 0.4) is 0 Å². The predicted molar refractivity (Wildman–Crippen MR) is 59.0 cm³/mol. The molecule has 2 heteroatoms. The molecule has 1 aliphatic heterocycles. The van der Waals surface area contributed by atoms with Crippen molar-refractivity contribution in [2.45, 2.75) is 19.8 Å². The van der Waals surface area contributed by atoms with E-state index in [2.05, 4.69) is 24.4 Å². The van der Waals surface area contributed by atoms with E-state index in [-0.39, 0.29) is 0 Å². The van der Waals surface area contributed by atoms with Gasteiger partial charge in [-0.3, -0.25) is 0 Å². The number of hydrogen-bond acceptors (Lipinski definition) is 2. The topological polar surface area (TPSA) is 21.3 Å². The van der Waals surface area contributed by atoms with Crippen molar-refractivity contribution in [3.63, 3.8) is 0 Å². The second-order valence-corrected chi connectivity index (χ2v) is 3.88. The fraction of sp³-hybridized carbons (Fsp3) is 0.500. The van der Waals surface area contributed by atoms with Crippen LogP contribution in [0.2, 0.25) is 0 Å². The van der Waals surface area contributed by atoms with E-state index in [0.717, 1.165) is 18.2 Å². The first-order valence-corrected chi connectivity index (χ1v) is 5.24. The minimum absolute atomic E-state index is 0.773. The summed E-state index contributed by atoms with van der Waals surface area (Å²) in [6, 6.07) is 6.27. The van der Waals surface area contributed by atoms with Crippen LogP contribution in [0, 0.1) is 5.92 Å². The molecule has 1 atom stereocenters. The summed E-state index contributed by atoms with van der Waals surface area (Å²) in [5.41, 5.74) is 2.66. The predicted octanol–water partition coefficient (Wildman–Crippen LogP) is 2.69.